The Hall–Kier alpha value is -2.82. The minimum atomic E-state index is -0.0811. The van der Waals surface area contributed by atoms with E-state index in [1.807, 2.05) is 48.5 Å². The minimum absolute atomic E-state index is 0.0811. The fraction of sp³-hybridized carbons (Fsp3) is 0.0435. The molecule has 1 heterocycles. The van der Waals surface area contributed by atoms with Crippen molar-refractivity contribution in [2.24, 2.45) is 0 Å². The number of hydrogen-bond acceptors (Lipinski definition) is 3. The lowest BCUT2D eigenvalue weighted by Crippen LogP contribution is -2.21. The van der Waals surface area contributed by atoms with Crippen molar-refractivity contribution in [1.82, 2.24) is 9.55 Å². The van der Waals surface area contributed by atoms with Gasteiger partial charge in [0.05, 0.1) is 16.6 Å². The van der Waals surface area contributed by atoms with E-state index in [1.54, 1.807) is 22.8 Å². The zero-order valence-corrected chi connectivity index (χ0v) is 16.5. The first kappa shape index (κ1) is 18.5. The molecule has 0 aliphatic carbocycles. The molecule has 0 bridgehead atoms. The molecule has 0 atom stereocenters. The van der Waals surface area contributed by atoms with Gasteiger partial charge in [-0.05, 0) is 42.0 Å². The van der Waals surface area contributed by atoms with Crippen molar-refractivity contribution in [3.63, 3.8) is 0 Å². The van der Waals surface area contributed by atoms with Crippen molar-refractivity contribution < 1.29 is 0 Å². The summed E-state index contributed by atoms with van der Waals surface area (Å²) in [7, 11) is 0. The molecular formula is C23H17ClN2OS. The monoisotopic (exact) mass is 404 g/mol. The van der Waals surface area contributed by atoms with Gasteiger partial charge in [0.25, 0.3) is 5.56 Å². The molecule has 0 amide bonds. The molecule has 0 saturated carbocycles. The summed E-state index contributed by atoms with van der Waals surface area (Å²) in [5.74, 6) is 0.702. The molecule has 4 aromatic rings. The molecule has 0 fully saturated rings. The second-order valence-electron chi connectivity index (χ2n) is 6.15. The van der Waals surface area contributed by atoms with Crippen LogP contribution in [0, 0.1) is 0 Å². The second kappa shape index (κ2) is 8.46. The third-order valence-corrected chi connectivity index (χ3v) is 5.39. The topological polar surface area (TPSA) is 34.9 Å². The molecule has 0 N–H and O–H groups in total. The highest BCUT2D eigenvalue weighted by atomic mass is 35.5. The molecule has 3 aromatic carbocycles. The van der Waals surface area contributed by atoms with Crippen LogP contribution < -0.4 is 5.56 Å². The Morgan fingerprint density at radius 1 is 0.929 bits per heavy atom. The van der Waals surface area contributed by atoms with Crippen LogP contribution in [0.3, 0.4) is 0 Å². The van der Waals surface area contributed by atoms with E-state index < -0.39 is 0 Å². The van der Waals surface area contributed by atoms with E-state index in [4.69, 9.17) is 16.6 Å². The zero-order valence-electron chi connectivity index (χ0n) is 15.0. The Labute approximate surface area is 172 Å². The molecule has 138 valence electrons. The van der Waals surface area contributed by atoms with Crippen molar-refractivity contribution in [3.8, 4) is 5.69 Å². The van der Waals surface area contributed by atoms with Gasteiger partial charge >= 0.3 is 0 Å². The summed E-state index contributed by atoms with van der Waals surface area (Å²) in [5.41, 5.74) is 2.52. The van der Waals surface area contributed by atoms with Crippen LogP contribution in [-0.4, -0.2) is 15.3 Å². The third kappa shape index (κ3) is 4.03. The van der Waals surface area contributed by atoms with Gasteiger partial charge < -0.3 is 0 Å². The predicted molar refractivity (Wildman–Crippen MR) is 119 cm³/mol. The molecule has 0 radical (unpaired) electrons. The molecule has 4 rings (SSSR count). The van der Waals surface area contributed by atoms with E-state index in [1.165, 1.54) is 11.8 Å². The lowest BCUT2D eigenvalue weighted by Gasteiger charge is -2.12. The summed E-state index contributed by atoms with van der Waals surface area (Å²) in [6.45, 7) is 0. The maximum atomic E-state index is 13.1. The van der Waals surface area contributed by atoms with Crippen LogP contribution in [0.15, 0.2) is 94.9 Å². The van der Waals surface area contributed by atoms with Gasteiger partial charge in [0.15, 0.2) is 5.16 Å². The average Bonchev–Trinajstić information content (AvgIpc) is 2.73. The fourth-order valence-electron chi connectivity index (χ4n) is 2.90. The fourth-order valence-corrected chi connectivity index (χ4v) is 3.85. The first-order valence-corrected chi connectivity index (χ1v) is 10.2. The molecular weight excluding hydrogens is 388 g/mol. The van der Waals surface area contributed by atoms with Crippen LogP contribution in [0.1, 0.15) is 5.56 Å². The van der Waals surface area contributed by atoms with Crippen LogP contribution in [0.25, 0.3) is 22.7 Å². The molecule has 0 aliphatic rings. The van der Waals surface area contributed by atoms with Gasteiger partial charge in [0, 0.05) is 10.8 Å². The van der Waals surface area contributed by atoms with Gasteiger partial charge in [-0.15, -0.1) is 0 Å². The number of nitrogens with zero attached hydrogens (tertiary/aromatic N) is 2. The largest absolute Gasteiger partial charge is 0.268 e. The smallest absolute Gasteiger partial charge is 0.266 e. The molecule has 0 aliphatic heterocycles. The Morgan fingerprint density at radius 2 is 1.64 bits per heavy atom. The van der Waals surface area contributed by atoms with Crippen molar-refractivity contribution >= 4 is 40.3 Å². The maximum absolute atomic E-state index is 13.1. The number of aromatic nitrogens is 2. The summed E-state index contributed by atoms with van der Waals surface area (Å²) >= 11 is 7.54. The lowest BCUT2D eigenvalue weighted by atomic mass is 10.2. The Kier molecular flexibility index (Phi) is 5.60. The number of benzene rings is 3. The molecule has 5 heteroatoms. The Bertz CT molecular complexity index is 1180. The minimum Gasteiger partial charge on any atom is -0.268 e. The highest BCUT2D eigenvalue weighted by Gasteiger charge is 2.12. The van der Waals surface area contributed by atoms with Crippen molar-refractivity contribution in [3.05, 3.63) is 106 Å². The normalized spacial score (nSPS) is 11.3. The van der Waals surface area contributed by atoms with Gasteiger partial charge in [0.1, 0.15) is 0 Å². The Morgan fingerprint density at radius 3 is 2.43 bits per heavy atom. The van der Waals surface area contributed by atoms with Crippen molar-refractivity contribution in [2.75, 3.05) is 5.75 Å². The molecule has 3 nitrogen and oxygen atoms in total. The van der Waals surface area contributed by atoms with E-state index in [-0.39, 0.29) is 5.56 Å². The van der Waals surface area contributed by atoms with Gasteiger partial charge in [-0.3, -0.25) is 9.36 Å². The second-order valence-corrected chi connectivity index (χ2v) is 7.58. The maximum Gasteiger partial charge on any atom is 0.266 e. The summed E-state index contributed by atoms with van der Waals surface area (Å²) in [5, 5.41) is 1.89. The first-order valence-electron chi connectivity index (χ1n) is 8.84. The zero-order chi connectivity index (χ0) is 19.3. The van der Waals surface area contributed by atoms with Crippen LogP contribution >= 0.6 is 23.4 Å². The van der Waals surface area contributed by atoms with E-state index in [0.717, 1.165) is 11.3 Å². The van der Waals surface area contributed by atoms with E-state index in [9.17, 15) is 4.79 Å². The summed E-state index contributed by atoms with van der Waals surface area (Å²) in [6.07, 6.45) is 4.15. The highest BCUT2D eigenvalue weighted by molar-refractivity contribution is 7.99. The third-order valence-electron chi connectivity index (χ3n) is 4.25. The number of rotatable bonds is 5. The van der Waals surface area contributed by atoms with Crippen molar-refractivity contribution in [2.45, 2.75) is 5.16 Å². The predicted octanol–water partition coefficient (Wildman–Crippen LogP) is 5.84. The lowest BCUT2D eigenvalue weighted by molar-refractivity contribution is 0.821. The molecule has 0 unspecified atom stereocenters. The molecule has 0 saturated heterocycles. The van der Waals surface area contributed by atoms with Crippen LogP contribution in [0.4, 0.5) is 0 Å². The molecule has 1 aromatic heterocycles. The standard InChI is InChI=1S/C23H17ClN2OS/c24-18-12-14-19(15-13-18)26-22(27)20-10-4-5-11-21(20)25-23(26)28-16-6-9-17-7-2-1-3-8-17/h1-15H,16H2. The quantitative estimate of drug-likeness (QED) is 0.309. The first-order chi connectivity index (χ1) is 13.7. The number of halogens is 1. The number of fused-ring (bicyclic) bond motifs is 1. The number of para-hydroxylation sites is 1. The average molecular weight is 405 g/mol. The number of thioether (sulfide) groups is 1. The SMILES string of the molecule is O=c1c2ccccc2nc(SCC=Cc2ccccc2)n1-c1ccc(Cl)cc1. The van der Waals surface area contributed by atoms with E-state index in [2.05, 4.69) is 24.3 Å². The summed E-state index contributed by atoms with van der Waals surface area (Å²) in [4.78, 5) is 17.9. The summed E-state index contributed by atoms with van der Waals surface area (Å²) < 4.78 is 1.65. The number of hydrogen-bond donors (Lipinski definition) is 0. The Balaban J connectivity index is 1.71. The van der Waals surface area contributed by atoms with E-state index in [0.29, 0.717) is 26.8 Å². The summed E-state index contributed by atoms with van der Waals surface area (Å²) in [6, 6.07) is 24.8. The molecule has 28 heavy (non-hydrogen) atoms. The van der Waals surface area contributed by atoms with Gasteiger partial charge in [0.2, 0.25) is 0 Å². The van der Waals surface area contributed by atoms with Crippen molar-refractivity contribution in [1.29, 1.82) is 0 Å². The molecule has 0 spiro atoms. The van der Waals surface area contributed by atoms with Gasteiger partial charge in [-0.2, -0.15) is 0 Å². The van der Waals surface area contributed by atoms with Crippen LogP contribution in [0.5, 0.6) is 0 Å². The van der Waals surface area contributed by atoms with E-state index >= 15 is 0 Å². The van der Waals surface area contributed by atoms with Crippen LogP contribution in [0.2, 0.25) is 5.02 Å². The van der Waals surface area contributed by atoms with Crippen LogP contribution in [-0.2, 0) is 0 Å². The van der Waals surface area contributed by atoms with Gasteiger partial charge in [-0.25, -0.2) is 4.98 Å². The highest BCUT2D eigenvalue weighted by Crippen LogP contribution is 2.22. The van der Waals surface area contributed by atoms with Gasteiger partial charge in [-0.1, -0.05) is 78.0 Å².